The predicted octanol–water partition coefficient (Wildman–Crippen LogP) is 1.01. The Bertz CT molecular complexity index is 64.0. The van der Waals surface area contributed by atoms with Gasteiger partial charge in [-0.3, -0.25) is 0 Å². The summed E-state index contributed by atoms with van der Waals surface area (Å²) in [5, 5.41) is 0. The average Bonchev–Trinajstić information content (AvgIpc) is 1.76. The number of aromatic amines is 1. The quantitative estimate of drug-likeness (QED) is 0.653. The van der Waals surface area contributed by atoms with E-state index in [1.54, 1.807) is 0 Å². The van der Waals surface area contributed by atoms with Crippen molar-refractivity contribution in [2.45, 2.75) is 0 Å². The Morgan fingerprint density at radius 1 is 1.00 bits per heavy atom. The molecule has 0 aromatic carbocycles. The zero-order chi connectivity index (χ0) is 3.54. The third-order valence-electron chi connectivity index (χ3n) is 0.496. The summed E-state index contributed by atoms with van der Waals surface area (Å²) < 4.78 is 0. The molecule has 2 heteroatoms. The molecule has 0 saturated carbocycles. The summed E-state index contributed by atoms with van der Waals surface area (Å²) in [6, 6.07) is 3.89. The molecule has 0 spiro atoms. The number of aromatic nitrogens is 1. The Labute approximate surface area is 70.5 Å². The fourth-order valence-electron chi connectivity index (χ4n) is 0.278. The van der Waals surface area contributed by atoms with Crippen LogP contribution in [0.1, 0.15) is 0 Å². The van der Waals surface area contributed by atoms with Crippen LogP contribution in [0.2, 0.25) is 0 Å². The van der Waals surface area contributed by atoms with Crippen molar-refractivity contribution in [1.29, 1.82) is 0 Å². The van der Waals surface area contributed by atoms with Gasteiger partial charge in [-0.15, -0.1) is 0 Å². The molecule has 0 unspecified atom stereocenters. The smallest absolute Gasteiger partial charge is 0.000496 e. The maximum absolute atomic E-state index is 2.86. The fraction of sp³-hybridized carbons (Fsp3) is 0. The summed E-state index contributed by atoms with van der Waals surface area (Å²) in [5.41, 5.74) is 0. The van der Waals surface area contributed by atoms with Crippen LogP contribution in [0.5, 0.6) is 0 Å². The van der Waals surface area contributed by atoms with Gasteiger partial charge in [-0.1, -0.05) is 0 Å². The van der Waals surface area contributed by atoms with Crippen molar-refractivity contribution in [1.82, 2.24) is 4.98 Å². The summed E-state index contributed by atoms with van der Waals surface area (Å²) in [4.78, 5) is 2.86. The van der Waals surface area contributed by atoms with Crippen molar-refractivity contribution in [3.63, 3.8) is 0 Å². The summed E-state index contributed by atoms with van der Waals surface area (Å²) in [6.45, 7) is 0. The van der Waals surface area contributed by atoms with Gasteiger partial charge in [0.05, 0.1) is 0 Å². The van der Waals surface area contributed by atoms with Crippen LogP contribution in [-0.2, 0) is 0 Å². The minimum absolute atomic E-state index is 0. The van der Waals surface area contributed by atoms with Gasteiger partial charge in [0.15, 0.2) is 0 Å². The number of H-pyrrole nitrogens is 1. The molecule has 0 amide bonds. The maximum atomic E-state index is 2.86. The monoisotopic (exact) mass is 207 g/mol. The van der Waals surface area contributed by atoms with Gasteiger partial charge in [0, 0.05) is 54.1 Å². The maximum Gasteiger partial charge on any atom is 0.000496 e. The van der Waals surface area contributed by atoms with Crippen molar-refractivity contribution in [3.05, 3.63) is 24.5 Å². The van der Waals surface area contributed by atoms with E-state index in [-0.39, 0.29) is 41.7 Å². The first-order valence-corrected chi connectivity index (χ1v) is 1.58. The zero-order valence-corrected chi connectivity index (χ0v) is 6.45. The Kier molecular flexibility index (Phi) is 4.25. The van der Waals surface area contributed by atoms with E-state index in [4.69, 9.17) is 0 Å². The van der Waals surface area contributed by atoms with Crippen molar-refractivity contribution >= 4 is 0 Å². The molecule has 30 valence electrons. The molecule has 1 rings (SSSR count). The number of hydrogen-bond acceptors (Lipinski definition) is 0. The molecular weight excluding hydrogens is 202 g/mol. The van der Waals surface area contributed by atoms with Crippen LogP contribution in [0.15, 0.2) is 24.5 Å². The minimum atomic E-state index is 0. The van der Waals surface area contributed by atoms with Crippen LogP contribution < -0.4 is 0 Å². The molecule has 1 nitrogen and oxygen atoms in total. The van der Waals surface area contributed by atoms with Gasteiger partial charge in [-0.25, -0.2) is 0 Å². The second-order valence-corrected chi connectivity index (χ2v) is 0.885. The van der Waals surface area contributed by atoms with E-state index < -0.39 is 0 Å². The van der Waals surface area contributed by atoms with Gasteiger partial charge >= 0.3 is 0 Å². The van der Waals surface area contributed by atoms with Crippen LogP contribution in [0.25, 0.3) is 0 Å². The fourth-order valence-corrected chi connectivity index (χ4v) is 0.278. The summed E-state index contributed by atoms with van der Waals surface area (Å²) in [5.74, 6) is 0. The van der Waals surface area contributed by atoms with Crippen molar-refractivity contribution in [2.75, 3.05) is 0 Å². The number of rotatable bonds is 0. The Morgan fingerprint density at radius 3 is 1.67 bits per heavy atom. The molecule has 0 aliphatic rings. The van der Waals surface area contributed by atoms with E-state index >= 15 is 0 Å². The second-order valence-electron chi connectivity index (χ2n) is 0.885. The Balaban J connectivity index is 0.000000250. The zero-order valence-electron chi connectivity index (χ0n) is 3.31. The van der Waals surface area contributed by atoms with Crippen molar-refractivity contribution in [3.8, 4) is 0 Å². The van der Waals surface area contributed by atoms with Gasteiger partial charge in [0.25, 0.3) is 0 Å². The van der Waals surface area contributed by atoms with E-state index in [0.717, 1.165) is 0 Å². The average molecular weight is 207 g/mol. The third-order valence-corrected chi connectivity index (χ3v) is 0.496. The first-order valence-electron chi connectivity index (χ1n) is 1.58. The van der Waals surface area contributed by atoms with E-state index in [2.05, 4.69) is 4.98 Å². The van der Waals surface area contributed by atoms with E-state index in [1.807, 2.05) is 24.5 Å². The number of hydrogen-bond donors (Lipinski definition) is 1. The SMILES string of the molecule is [Ce].c1cc[nH]c1. The van der Waals surface area contributed by atoms with E-state index in [9.17, 15) is 0 Å². The van der Waals surface area contributed by atoms with Crippen LogP contribution in [-0.4, -0.2) is 4.98 Å². The van der Waals surface area contributed by atoms with Gasteiger partial charge in [-0.2, -0.15) is 0 Å². The van der Waals surface area contributed by atoms with E-state index in [1.165, 1.54) is 0 Å². The second kappa shape index (κ2) is 3.83. The minimum Gasteiger partial charge on any atom is -0.368 e. The van der Waals surface area contributed by atoms with Crippen LogP contribution >= 0.6 is 0 Å². The topological polar surface area (TPSA) is 15.8 Å². The molecular formula is C4H5CeN. The largest absolute Gasteiger partial charge is 0.368 e. The summed E-state index contributed by atoms with van der Waals surface area (Å²) in [7, 11) is 0. The molecule has 6 heavy (non-hydrogen) atoms. The van der Waals surface area contributed by atoms with Gasteiger partial charge in [0.1, 0.15) is 0 Å². The molecule has 0 bridgehead atoms. The van der Waals surface area contributed by atoms with Crippen LogP contribution in [0.4, 0.5) is 0 Å². The molecule has 1 aromatic rings. The van der Waals surface area contributed by atoms with Crippen LogP contribution in [0, 0.1) is 41.7 Å². The molecule has 0 fully saturated rings. The molecule has 1 N–H and O–H groups in total. The molecule has 0 radical (unpaired) electrons. The van der Waals surface area contributed by atoms with E-state index in [0.29, 0.717) is 0 Å². The molecule has 0 aliphatic heterocycles. The van der Waals surface area contributed by atoms with Gasteiger partial charge < -0.3 is 4.98 Å². The number of nitrogens with one attached hydrogen (secondary N) is 1. The third kappa shape index (κ3) is 1.95. The predicted molar refractivity (Wildman–Crippen MR) is 20.8 cm³/mol. The first-order chi connectivity index (χ1) is 2.50. The van der Waals surface area contributed by atoms with Gasteiger partial charge in [-0.05, 0) is 12.1 Å². The Morgan fingerprint density at radius 2 is 1.50 bits per heavy atom. The first kappa shape index (κ1) is 6.66. The molecule has 0 aliphatic carbocycles. The normalized spacial score (nSPS) is 6.67. The summed E-state index contributed by atoms with van der Waals surface area (Å²) in [6.07, 6.45) is 3.75. The Hall–Kier alpha value is 0.657. The van der Waals surface area contributed by atoms with Crippen LogP contribution in [0.3, 0.4) is 0 Å². The molecule has 1 heterocycles. The molecule has 1 aromatic heterocycles. The van der Waals surface area contributed by atoms with Crippen molar-refractivity contribution in [2.24, 2.45) is 0 Å². The molecule has 0 atom stereocenters. The molecule has 0 saturated heterocycles. The standard InChI is InChI=1S/C4H5N.Ce/c1-2-4-5-3-1;/h1-5H;. The summed E-state index contributed by atoms with van der Waals surface area (Å²) >= 11 is 0. The van der Waals surface area contributed by atoms with Gasteiger partial charge in [0.2, 0.25) is 0 Å². The van der Waals surface area contributed by atoms with Crippen molar-refractivity contribution < 1.29 is 41.7 Å².